The van der Waals surface area contributed by atoms with E-state index in [1.165, 1.54) is 6.08 Å². The van der Waals surface area contributed by atoms with E-state index in [0.717, 1.165) is 5.56 Å². The predicted molar refractivity (Wildman–Crippen MR) is 88.1 cm³/mol. The van der Waals surface area contributed by atoms with Gasteiger partial charge in [-0.25, -0.2) is 4.79 Å². The summed E-state index contributed by atoms with van der Waals surface area (Å²) in [5.74, 6) is -0.282. The maximum atomic E-state index is 11.7. The first-order valence-electron chi connectivity index (χ1n) is 7.01. The second kappa shape index (κ2) is 8.38. The van der Waals surface area contributed by atoms with Crippen LogP contribution in [-0.2, 0) is 14.3 Å². The van der Waals surface area contributed by atoms with Crippen molar-refractivity contribution in [1.29, 1.82) is 0 Å². The van der Waals surface area contributed by atoms with Crippen molar-refractivity contribution in [3.05, 3.63) is 66.2 Å². The van der Waals surface area contributed by atoms with E-state index in [-0.39, 0.29) is 6.61 Å². The number of carbonyl (C=O) groups excluding carboxylic acids is 2. The third-order valence-electron chi connectivity index (χ3n) is 2.93. The van der Waals surface area contributed by atoms with Gasteiger partial charge in [0.05, 0.1) is 7.11 Å². The number of benzene rings is 2. The van der Waals surface area contributed by atoms with Crippen LogP contribution >= 0.6 is 0 Å². The van der Waals surface area contributed by atoms with Crippen LogP contribution in [0.5, 0.6) is 5.75 Å². The first kappa shape index (κ1) is 16.3. The Balaban J connectivity index is 1.77. The van der Waals surface area contributed by atoms with Gasteiger partial charge in [-0.3, -0.25) is 4.79 Å². The number of amides is 1. The summed E-state index contributed by atoms with van der Waals surface area (Å²) in [6, 6.07) is 16.2. The van der Waals surface area contributed by atoms with Gasteiger partial charge in [0.25, 0.3) is 5.91 Å². The van der Waals surface area contributed by atoms with Gasteiger partial charge in [-0.2, -0.15) is 0 Å². The molecule has 0 saturated heterocycles. The van der Waals surface area contributed by atoms with Crippen LogP contribution in [0.4, 0.5) is 5.69 Å². The van der Waals surface area contributed by atoms with Crippen LogP contribution in [0.25, 0.3) is 6.08 Å². The minimum Gasteiger partial charge on any atom is -0.497 e. The molecule has 5 heteroatoms. The second-order valence-electron chi connectivity index (χ2n) is 4.63. The third kappa shape index (κ3) is 5.67. The van der Waals surface area contributed by atoms with Crippen molar-refractivity contribution in [1.82, 2.24) is 0 Å². The molecule has 5 nitrogen and oxygen atoms in total. The average molecular weight is 311 g/mol. The largest absolute Gasteiger partial charge is 0.497 e. The Hall–Kier alpha value is -3.08. The fourth-order valence-corrected chi connectivity index (χ4v) is 1.78. The molecule has 0 aliphatic carbocycles. The Bertz CT molecular complexity index is 678. The maximum Gasteiger partial charge on any atom is 0.331 e. The molecule has 0 heterocycles. The van der Waals surface area contributed by atoms with Gasteiger partial charge < -0.3 is 14.8 Å². The molecule has 2 aromatic rings. The van der Waals surface area contributed by atoms with Gasteiger partial charge in [0, 0.05) is 11.8 Å². The summed E-state index contributed by atoms with van der Waals surface area (Å²) in [5, 5.41) is 2.63. The Labute approximate surface area is 134 Å². The van der Waals surface area contributed by atoms with Crippen LogP contribution in [0.1, 0.15) is 5.56 Å². The van der Waals surface area contributed by atoms with Crippen LogP contribution in [0.15, 0.2) is 60.7 Å². The van der Waals surface area contributed by atoms with Crippen LogP contribution in [0.2, 0.25) is 0 Å². The van der Waals surface area contributed by atoms with E-state index >= 15 is 0 Å². The van der Waals surface area contributed by atoms with Crippen LogP contribution in [0, 0.1) is 0 Å². The lowest BCUT2D eigenvalue weighted by Gasteiger charge is -2.06. The number of ether oxygens (including phenoxy) is 2. The molecular weight excluding hydrogens is 294 g/mol. The lowest BCUT2D eigenvalue weighted by Crippen LogP contribution is -2.20. The van der Waals surface area contributed by atoms with Gasteiger partial charge in [0.1, 0.15) is 5.75 Å². The molecule has 0 saturated carbocycles. The summed E-state index contributed by atoms with van der Waals surface area (Å²) >= 11 is 0. The molecule has 23 heavy (non-hydrogen) atoms. The summed E-state index contributed by atoms with van der Waals surface area (Å²) in [5.41, 5.74) is 1.49. The molecule has 0 aliphatic heterocycles. The standard InChI is InChI=1S/C18H17NO4/c1-22-16-10-8-15(9-11-16)19-17(20)13-23-18(21)12-7-14-5-3-2-4-6-14/h2-12H,13H2,1H3,(H,19,20)/b12-7+. The zero-order chi connectivity index (χ0) is 16.5. The summed E-state index contributed by atoms with van der Waals surface area (Å²) in [4.78, 5) is 23.3. The summed E-state index contributed by atoms with van der Waals surface area (Å²) in [6.45, 7) is -0.343. The average Bonchev–Trinajstić information content (AvgIpc) is 2.60. The lowest BCUT2D eigenvalue weighted by molar-refractivity contribution is -0.142. The highest BCUT2D eigenvalue weighted by Gasteiger charge is 2.05. The monoisotopic (exact) mass is 311 g/mol. The van der Waals surface area contributed by atoms with E-state index in [4.69, 9.17) is 9.47 Å². The van der Waals surface area contributed by atoms with Gasteiger partial charge in [-0.05, 0) is 35.9 Å². The third-order valence-corrected chi connectivity index (χ3v) is 2.93. The van der Waals surface area contributed by atoms with Crippen LogP contribution in [-0.4, -0.2) is 25.6 Å². The van der Waals surface area contributed by atoms with E-state index in [0.29, 0.717) is 11.4 Å². The summed E-state index contributed by atoms with van der Waals surface area (Å²) in [7, 11) is 1.57. The fourth-order valence-electron chi connectivity index (χ4n) is 1.78. The molecule has 2 rings (SSSR count). The van der Waals surface area contributed by atoms with Gasteiger partial charge in [-0.1, -0.05) is 30.3 Å². The molecule has 0 atom stereocenters. The zero-order valence-electron chi connectivity index (χ0n) is 12.7. The number of anilines is 1. The summed E-state index contributed by atoms with van der Waals surface area (Å²) in [6.07, 6.45) is 2.92. The minimum atomic E-state index is -0.571. The molecule has 118 valence electrons. The van der Waals surface area contributed by atoms with Crippen molar-refractivity contribution in [2.24, 2.45) is 0 Å². The Morgan fingerprint density at radius 3 is 2.39 bits per heavy atom. The molecule has 0 aromatic heterocycles. The quantitative estimate of drug-likeness (QED) is 0.658. The first-order valence-corrected chi connectivity index (χ1v) is 7.01. The van der Waals surface area contributed by atoms with Crippen LogP contribution < -0.4 is 10.1 Å². The van der Waals surface area contributed by atoms with Crippen molar-refractivity contribution in [2.45, 2.75) is 0 Å². The number of esters is 1. The fraction of sp³-hybridized carbons (Fsp3) is 0.111. The Morgan fingerprint density at radius 1 is 1.04 bits per heavy atom. The zero-order valence-corrected chi connectivity index (χ0v) is 12.7. The molecule has 2 aromatic carbocycles. The molecule has 0 unspecified atom stereocenters. The molecule has 0 spiro atoms. The highest BCUT2D eigenvalue weighted by molar-refractivity contribution is 5.94. The number of hydrogen-bond donors (Lipinski definition) is 1. The van der Waals surface area contributed by atoms with Gasteiger partial charge >= 0.3 is 5.97 Å². The highest BCUT2D eigenvalue weighted by Crippen LogP contribution is 2.14. The van der Waals surface area contributed by atoms with Crippen molar-refractivity contribution in [2.75, 3.05) is 19.0 Å². The Morgan fingerprint density at radius 2 is 1.74 bits per heavy atom. The molecular formula is C18H17NO4. The molecule has 0 fully saturated rings. The first-order chi connectivity index (χ1) is 11.2. The topological polar surface area (TPSA) is 64.6 Å². The lowest BCUT2D eigenvalue weighted by atomic mass is 10.2. The number of carbonyl (C=O) groups is 2. The second-order valence-corrected chi connectivity index (χ2v) is 4.63. The van der Waals surface area contributed by atoms with E-state index in [1.54, 1.807) is 37.5 Å². The van der Waals surface area contributed by atoms with Gasteiger partial charge in [-0.15, -0.1) is 0 Å². The van der Waals surface area contributed by atoms with Crippen molar-refractivity contribution in [3.63, 3.8) is 0 Å². The van der Waals surface area contributed by atoms with Gasteiger partial charge in [0.2, 0.25) is 0 Å². The summed E-state index contributed by atoms with van der Waals surface area (Å²) < 4.78 is 9.91. The van der Waals surface area contributed by atoms with Crippen molar-refractivity contribution < 1.29 is 19.1 Å². The smallest absolute Gasteiger partial charge is 0.331 e. The SMILES string of the molecule is COc1ccc(NC(=O)COC(=O)/C=C/c2ccccc2)cc1. The van der Waals surface area contributed by atoms with E-state index < -0.39 is 11.9 Å². The van der Waals surface area contributed by atoms with E-state index in [9.17, 15) is 9.59 Å². The maximum absolute atomic E-state index is 11.7. The molecule has 0 radical (unpaired) electrons. The number of nitrogens with one attached hydrogen (secondary N) is 1. The molecule has 1 N–H and O–H groups in total. The number of methoxy groups -OCH3 is 1. The number of hydrogen-bond acceptors (Lipinski definition) is 4. The van der Waals surface area contributed by atoms with Crippen molar-refractivity contribution >= 4 is 23.6 Å². The molecule has 0 bridgehead atoms. The van der Waals surface area contributed by atoms with E-state index in [2.05, 4.69) is 5.32 Å². The molecule has 1 amide bonds. The van der Waals surface area contributed by atoms with Gasteiger partial charge in [0.15, 0.2) is 6.61 Å². The minimum absolute atomic E-state index is 0.343. The normalized spacial score (nSPS) is 10.3. The van der Waals surface area contributed by atoms with E-state index in [1.807, 2.05) is 30.3 Å². The predicted octanol–water partition coefficient (Wildman–Crippen LogP) is 2.89. The highest BCUT2D eigenvalue weighted by atomic mass is 16.5. The molecule has 0 aliphatic rings. The van der Waals surface area contributed by atoms with Crippen molar-refractivity contribution in [3.8, 4) is 5.75 Å². The number of rotatable bonds is 6. The van der Waals surface area contributed by atoms with Crippen LogP contribution in [0.3, 0.4) is 0 Å². The Kier molecular flexibility index (Phi) is 5.94.